The molecule has 1 aliphatic rings. The van der Waals surface area contributed by atoms with Crippen molar-refractivity contribution in [2.75, 3.05) is 16.9 Å². The summed E-state index contributed by atoms with van der Waals surface area (Å²) in [4.78, 5) is 31.2. The van der Waals surface area contributed by atoms with Crippen LogP contribution in [0.25, 0.3) is 11.3 Å². The maximum absolute atomic E-state index is 12.7. The van der Waals surface area contributed by atoms with Gasteiger partial charge in [-0.2, -0.15) is 0 Å². The van der Waals surface area contributed by atoms with Crippen LogP contribution in [0.15, 0.2) is 66.0 Å². The number of nitrogens with one attached hydrogen (secondary N) is 1. The number of thiazole rings is 1. The molecule has 1 saturated heterocycles. The van der Waals surface area contributed by atoms with Gasteiger partial charge in [0, 0.05) is 16.7 Å². The quantitative estimate of drug-likeness (QED) is 0.653. The highest BCUT2D eigenvalue weighted by Gasteiger charge is 2.36. The van der Waals surface area contributed by atoms with E-state index in [2.05, 4.69) is 10.3 Å². The number of thioether (sulfide) groups is 1. The maximum Gasteiger partial charge on any atom is 0.411 e. The van der Waals surface area contributed by atoms with Crippen molar-refractivity contribution in [2.45, 2.75) is 12.6 Å². The zero-order valence-corrected chi connectivity index (χ0v) is 17.1. The molecule has 2 aromatic carbocycles. The summed E-state index contributed by atoms with van der Waals surface area (Å²) in [6.07, 6.45) is -0.483. The van der Waals surface area contributed by atoms with Gasteiger partial charge in [-0.05, 0) is 5.56 Å². The van der Waals surface area contributed by atoms with Gasteiger partial charge in [0.25, 0.3) is 0 Å². The van der Waals surface area contributed by atoms with Gasteiger partial charge in [-0.3, -0.25) is 9.69 Å². The third-order valence-electron chi connectivity index (χ3n) is 4.43. The van der Waals surface area contributed by atoms with Crippen LogP contribution in [-0.2, 0) is 16.1 Å². The van der Waals surface area contributed by atoms with Crippen LogP contribution in [0.2, 0.25) is 0 Å². The van der Waals surface area contributed by atoms with E-state index in [9.17, 15) is 9.59 Å². The molecular formula is C21H19N3O3S2. The van der Waals surface area contributed by atoms with Gasteiger partial charge in [0.1, 0.15) is 12.6 Å². The van der Waals surface area contributed by atoms with Crippen LogP contribution in [0, 0.1) is 0 Å². The molecule has 0 unspecified atom stereocenters. The van der Waals surface area contributed by atoms with Gasteiger partial charge in [0.2, 0.25) is 5.91 Å². The zero-order chi connectivity index (χ0) is 20.1. The molecule has 2 amide bonds. The molecule has 0 aliphatic carbocycles. The highest BCUT2D eigenvalue weighted by atomic mass is 32.2. The monoisotopic (exact) mass is 425 g/mol. The number of amides is 2. The summed E-state index contributed by atoms with van der Waals surface area (Å²) in [7, 11) is 0. The van der Waals surface area contributed by atoms with Crippen LogP contribution < -0.4 is 5.32 Å². The topological polar surface area (TPSA) is 71.5 Å². The number of anilines is 1. The number of nitrogens with zero attached hydrogens (tertiary/aromatic N) is 2. The molecule has 4 rings (SSSR count). The standard InChI is InChI=1S/C21H19N3O3S2/c25-19(23-20-22-17(12-29-20)16-9-5-2-6-10-16)18-13-28-14-24(18)21(26)27-11-15-7-3-1-4-8-15/h1-10,12,18H,11,13-14H2,(H,22,23,25)/t18-/m0/s1. The highest BCUT2D eigenvalue weighted by molar-refractivity contribution is 7.99. The minimum Gasteiger partial charge on any atom is -0.445 e. The van der Waals surface area contributed by atoms with Crippen molar-refractivity contribution < 1.29 is 14.3 Å². The Morgan fingerprint density at radius 1 is 1.10 bits per heavy atom. The van der Waals surface area contributed by atoms with Crippen molar-refractivity contribution in [2.24, 2.45) is 0 Å². The SMILES string of the molecule is O=C(Nc1nc(-c2ccccc2)cs1)[C@@H]1CSCN1C(=O)OCc1ccccc1. The Bertz CT molecular complexity index is 979. The Kier molecular flexibility index (Phi) is 6.12. The number of carbonyl (C=O) groups is 2. The van der Waals surface area contributed by atoms with Crippen LogP contribution in [-0.4, -0.2) is 39.6 Å². The van der Waals surface area contributed by atoms with Gasteiger partial charge in [0.05, 0.1) is 11.6 Å². The molecule has 3 aromatic rings. The van der Waals surface area contributed by atoms with Crippen LogP contribution in [0.5, 0.6) is 0 Å². The third-order valence-corrected chi connectivity index (χ3v) is 6.20. The summed E-state index contributed by atoms with van der Waals surface area (Å²) in [6, 6.07) is 18.7. The molecule has 1 aliphatic heterocycles. The molecule has 148 valence electrons. The summed E-state index contributed by atoms with van der Waals surface area (Å²) in [6.45, 7) is 0.183. The van der Waals surface area contributed by atoms with E-state index in [1.165, 1.54) is 28.0 Å². The fraction of sp³-hybridized carbons (Fsp3) is 0.190. The molecule has 6 nitrogen and oxygen atoms in total. The molecular weight excluding hydrogens is 406 g/mol. The lowest BCUT2D eigenvalue weighted by atomic mass is 10.2. The molecule has 8 heteroatoms. The first-order chi connectivity index (χ1) is 14.2. The Hall–Kier alpha value is -2.84. The molecule has 1 atom stereocenters. The fourth-order valence-electron chi connectivity index (χ4n) is 2.90. The number of hydrogen-bond acceptors (Lipinski definition) is 6. The Morgan fingerprint density at radius 2 is 1.83 bits per heavy atom. The van der Waals surface area contributed by atoms with E-state index in [1.54, 1.807) is 0 Å². The summed E-state index contributed by atoms with van der Waals surface area (Å²) in [5, 5.41) is 5.26. The maximum atomic E-state index is 12.7. The number of aromatic nitrogens is 1. The van der Waals surface area contributed by atoms with Crippen LogP contribution in [0.3, 0.4) is 0 Å². The molecule has 0 radical (unpaired) electrons. The first kappa shape index (κ1) is 19.5. The number of rotatable bonds is 5. The van der Waals surface area contributed by atoms with Crippen molar-refractivity contribution in [1.29, 1.82) is 0 Å². The zero-order valence-electron chi connectivity index (χ0n) is 15.5. The largest absolute Gasteiger partial charge is 0.445 e. The Morgan fingerprint density at radius 3 is 2.59 bits per heavy atom. The number of hydrogen-bond donors (Lipinski definition) is 1. The summed E-state index contributed by atoms with van der Waals surface area (Å²) in [5.41, 5.74) is 2.71. The third kappa shape index (κ3) is 4.78. The number of carbonyl (C=O) groups excluding carboxylic acids is 2. The minimum atomic E-state index is -0.577. The van der Waals surface area contributed by atoms with Crippen LogP contribution in [0.1, 0.15) is 5.56 Å². The van der Waals surface area contributed by atoms with E-state index in [0.29, 0.717) is 16.8 Å². The number of benzene rings is 2. The second kappa shape index (κ2) is 9.11. The molecule has 0 bridgehead atoms. The van der Waals surface area contributed by atoms with E-state index in [4.69, 9.17) is 4.74 Å². The lowest BCUT2D eigenvalue weighted by Gasteiger charge is -2.22. The smallest absolute Gasteiger partial charge is 0.411 e. The Labute approximate surface area is 176 Å². The van der Waals surface area contributed by atoms with Gasteiger partial charge in [-0.25, -0.2) is 9.78 Å². The fourth-order valence-corrected chi connectivity index (χ4v) is 4.77. The lowest BCUT2D eigenvalue weighted by Crippen LogP contribution is -2.44. The van der Waals surface area contributed by atoms with E-state index < -0.39 is 12.1 Å². The van der Waals surface area contributed by atoms with Crippen molar-refractivity contribution in [1.82, 2.24) is 9.88 Å². The van der Waals surface area contributed by atoms with E-state index >= 15 is 0 Å². The predicted molar refractivity (Wildman–Crippen MR) is 116 cm³/mol. The molecule has 0 saturated carbocycles. The minimum absolute atomic E-state index is 0.183. The van der Waals surface area contributed by atoms with Gasteiger partial charge in [-0.1, -0.05) is 60.7 Å². The van der Waals surface area contributed by atoms with Gasteiger partial charge >= 0.3 is 6.09 Å². The van der Waals surface area contributed by atoms with Crippen molar-refractivity contribution in [3.05, 3.63) is 71.6 Å². The Balaban J connectivity index is 1.36. The van der Waals surface area contributed by atoms with E-state index in [1.807, 2.05) is 66.0 Å². The van der Waals surface area contributed by atoms with Crippen LogP contribution in [0.4, 0.5) is 9.93 Å². The summed E-state index contributed by atoms with van der Waals surface area (Å²) in [5.74, 6) is 0.711. The second-order valence-corrected chi connectivity index (χ2v) is 8.28. The lowest BCUT2D eigenvalue weighted by molar-refractivity contribution is -0.119. The van der Waals surface area contributed by atoms with Gasteiger partial charge in [0.15, 0.2) is 5.13 Å². The average Bonchev–Trinajstić information content (AvgIpc) is 3.43. The van der Waals surface area contributed by atoms with E-state index in [-0.39, 0.29) is 12.5 Å². The second-order valence-electron chi connectivity index (χ2n) is 6.42. The number of ether oxygens (including phenoxy) is 1. The molecule has 1 N–H and O–H groups in total. The molecule has 29 heavy (non-hydrogen) atoms. The van der Waals surface area contributed by atoms with Crippen molar-refractivity contribution in [3.63, 3.8) is 0 Å². The summed E-state index contributed by atoms with van der Waals surface area (Å²) >= 11 is 2.89. The molecule has 0 spiro atoms. The van der Waals surface area contributed by atoms with Gasteiger partial charge in [-0.15, -0.1) is 23.1 Å². The van der Waals surface area contributed by atoms with E-state index in [0.717, 1.165) is 16.8 Å². The highest BCUT2D eigenvalue weighted by Crippen LogP contribution is 2.27. The molecule has 1 aromatic heterocycles. The predicted octanol–water partition coefficient (Wildman–Crippen LogP) is 4.46. The molecule has 2 heterocycles. The molecule has 1 fully saturated rings. The van der Waals surface area contributed by atoms with Crippen molar-refractivity contribution >= 4 is 40.2 Å². The first-order valence-corrected chi connectivity index (χ1v) is 11.1. The summed E-state index contributed by atoms with van der Waals surface area (Å²) < 4.78 is 5.39. The first-order valence-electron chi connectivity index (χ1n) is 9.07. The van der Waals surface area contributed by atoms with Crippen LogP contribution >= 0.6 is 23.1 Å². The average molecular weight is 426 g/mol. The van der Waals surface area contributed by atoms with Gasteiger partial charge < -0.3 is 10.1 Å². The normalized spacial score (nSPS) is 15.9. The van der Waals surface area contributed by atoms with Crippen molar-refractivity contribution in [3.8, 4) is 11.3 Å².